The van der Waals surface area contributed by atoms with Crippen molar-refractivity contribution in [1.29, 1.82) is 0 Å². The number of hydrogen-bond acceptors (Lipinski definition) is 6. The molecule has 138 valence electrons. The van der Waals surface area contributed by atoms with Crippen molar-refractivity contribution in [2.45, 2.75) is 12.8 Å². The van der Waals surface area contributed by atoms with E-state index in [1.165, 1.54) is 12.1 Å². The second-order valence-corrected chi connectivity index (χ2v) is 5.95. The molecule has 0 aromatic heterocycles. The molecule has 0 amide bonds. The Balaban J connectivity index is 2.11. The summed E-state index contributed by atoms with van der Waals surface area (Å²) in [6.07, 6.45) is 1.83. The fraction of sp³-hybridized carbons (Fsp3) is 0.150. The molecule has 1 heterocycles. The van der Waals surface area contributed by atoms with Crippen molar-refractivity contribution in [3.63, 3.8) is 0 Å². The lowest BCUT2D eigenvalue weighted by Gasteiger charge is -2.26. The topological polar surface area (TPSA) is 107 Å². The Kier molecular flexibility index (Phi) is 5.21. The van der Waals surface area contributed by atoms with E-state index in [4.69, 9.17) is 10.5 Å². The molecule has 27 heavy (non-hydrogen) atoms. The van der Waals surface area contributed by atoms with Gasteiger partial charge in [0, 0.05) is 23.7 Å². The van der Waals surface area contributed by atoms with E-state index in [1.807, 2.05) is 36.4 Å². The number of nitrogens with zero attached hydrogens (tertiary/aromatic N) is 1. The number of ether oxygens (including phenoxy) is 1. The number of nitro groups is 1. The first-order chi connectivity index (χ1) is 13.0. The number of benzene rings is 2. The Morgan fingerprint density at radius 3 is 2.63 bits per heavy atom. The lowest BCUT2D eigenvalue weighted by atomic mass is 9.86. The summed E-state index contributed by atoms with van der Waals surface area (Å²) in [7, 11) is 0. The molecule has 1 unspecified atom stereocenters. The minimum atomic E-state index is -0.569. The van der Waals surface area contributed by atoms with Crippen LogP contribution in [0.3, 0.4) is 0 Å². The molecule has 7 nitrogen and oxygen atoms in total. The number of esters is 1. The maximum Gasteiger partial charge on any atom is 0.338 e. The first kappa shape index (κ1) is 18.2. The number of nitrogens with one attached hydrogen (secondary N) is 1. The van der Waals surface area contributed by atoms with E-state index in [1.54, 1.807) is 19.1 Å². The molecule has 0 fully saturated rings. The van der Waals surface area contributed by atoms with Gasteiger partial charge in [0.25, 0.3) is 5.69 Å². The molecule has 1 aliphatic rings. The molecule has 1 atom stereocenters. The van der Waals surface area contributed by atoms with Crippen molar-refractivity contribution in [3.8, 4) is 0 Å². The average Bonchev–Trinajstić information content (AvgIpc) is 2.68. The third-order valence-electron chi connectivity index (χ3n) is 4.22. The van der Waals surface area contributed by atoms with Gasteiger partial charge in [-0.15, -0.1) is 0 Å². The van der Waals surface area contributed by atoms with Gasteiger partial charge >= 0.3 is 5.97 Å². The van der Waals surface area contributed by atoms with E-state index in [2.05, 4.69) is 5.32 Å². The van der Waals surface area contributed by atoms with Crippen LogP contribution in [0.1, 0.15) is 24.0 Å². The van der Waals surface area contributed by atoms with E-state index >= 15 is 0 Å². The maximum absolute atomic E-state index is 12.5. The first-order valence-electron chi connectivity index (χ1n) is 8.46. The van der Waals surface area contributed by atoms with Crippen LogP contribution in [0.5, 0.6) is 0 Å². The first-order valence-corrected chi connectivity index (χ1v) is 8.46. The quantitative estimate of drug-likeness (QED) is 0.479. The number of dihydropyridines is 1. The summed E-state index contributed by atoms with van der Waals surface area (Å²) >= 11 is 0. The van der Waals surface area contributed by atoms with Crippen LogP contribution >= 0.6 is 0 Å². The van der Waals surface area contributed by atoms with Crippen LogP contribution in [0.4, 0.5) is 5.69 Å². The van der Waals surface area contributed by atoms with Gasteiger partial charge in [-0.05, 0) is 24.1 Å². The van der Waals surface area contributed by atoms with Crippen molar-refractivity contribution in [1.82, 2.24) is 5.32 Å². The number of nitro benzene ring substituents is 1. The van der Waals surface area contributed by atoms with Crippen molar-refractivity contribution in [2.75, 3.05) is 6.61 Å². The molecule has 0 saturated carbocycles. The van der Waals surface area contributed by atoms with Gasteiger partial charge in [0.1, 0.15) is 5.82 Å². The summed E-state index contributed by atoms with van der Waals surface area (Å²) in [6, 6.07) is 15.7. The Morgan fingerprint density at radius 1 is 1.22 bits per heavy atom. The Bertz CT molecular complexity index is 935. The second kappa shape index (κ2) is 7.74. The number of allylic oxidation sites excluding steroid dienone is 1. The second-order valence-electron chi connectivity index (χ2n) is 5.95. The van der Waals surface area contributed by atoms with E-state index in [9.17, 15) is 14.9 Å². The fourth-order valence-electron chi connectivity index (χ4n) is 3.00. The molecule has 2 aromatic carbocycles. The summed E-state index contributed by atoms with van der Waals surface area (Å²) < 4.78 is 5.14. The molecular formula is C20H19N3O4. The van der Waals surface area contributed by atoms with Crippen LogP contribution in [0.2, 0.25) is 0 Å². The number of nitrogens with two attached hydrogens (primary N) is 1. The Morgan fingerprint density at radius 2 is 1.96 bits per heavy atom. The van der Waals surface area contributed by atoms with E-state index < -0.39 is 16.8 Å². The van der Waals surface area contributed by atoms with E-state index in [0.29, 0.717) is 5.56 Å². The normalized spacial score (nSPS) is 16.3. The summed E-state index contributed by atoms with van der Waals surface area (Å²) in [5.41, 5.74) is 8.53. The summed E-state index contributed by atoms with van der Waals surface area (Å²) in [5.74, 6) is -0.950. The molecule has 2 aromatic rings. The molecular weight excluding hydrogens is 346 g/mol. The largest absolute Gasteiger partial charge is 0.463 e. The molecule has 3 N–H and O–H groups in total. The predicted molar refractivity (Wildman–Crippen MR) is 101 cm³/mol. The smallest absolute Gasteiger partial charge is 0.338 e. The molecule has 0 radical (unpaired) electrons. The van der Waals surface area contributed by atoms with Crippen LogP contribution in [-0.2, 0) is 9.53 Å². The van der Waals surface area contributed by atoms with Gasteiger partial charge < -0.3 is 15.8 Å². The highest BCUT2D eigenvalue weighted by Gasteiger charge is 2.30. The number of carbonyl (C=O) groups is 1. The highest BCUT2D eigenvalue weighted by atomic mass is 16.6. The van der Waals surface area contributed by atoms with Gasteiger partial charge in [-0.25, -0.2) is 4.79 Å². The van der Waals surface area contributed by atoms with Gasteiger partial charge in [0.15, 0.2) is 0 Å². The minimum Gasteiger partial charge on any atom is -0.463 e. The standard InChI is InChI=1S/C20H19N3O4/c1-2-27-20(24)18-16(14-9-6-10-15(11-14)23(25)26)12-17(22-19(18)21)13-7-4-3-5-8-13/h3-12,16,22H,2,21H2,1H3. The molecule has 0 aliphatic carbocycles. The lowest BCUT2D eigenvalue weighted by Crippen LogP contribution is -2.31. The summed E-state index contributed by atoms with van der Waals surface area (Å²) in [5, 5.41) is 14.2. The molecule has 0 saturated heterocycles. The molecule has 3 rings (SSSR count). The summed E-state index contributed by atoms with van der Waals surface area (Å²) in [6.45, 7) is 1.91. The SMILES string of the molecule is CCOC(=O)C1=C(N)NC(c2ccccc2)=CC1c1cccc([N+](=O)[O-])c1. The minimum absolute atomic E-state index is 0.0533. The Labute approximate surface area is 156 Å². The molecule has 0 bridgehead atoms. The Hall–Kier alpha value is -3.61. The highest BCUT2D eigenvalue weighted by molar-refractivity contribution is 5.93. The zero-order valence-corrected chi connectivity index (χ0v) is 14.7. The van der Waals surface area contributed by atoms with Gasteiger partial charge in [0.05, 0.1) is 17.1 Å². The van der Waals surface area contributed by atoms with Crippen LogP contribution in [0.15, 0.2) is 72.1 Å². The van der Waals surface area contributed by atoms with E-state index in [-0.39, 0.29) is 23.7 Å². The average molecular weight is 365 g/mol. The lowest BCUT2D eigenvalue weighted by molar-refractivity contribution is -0.384. The third kappa shape index (κ3) is 3.82. The van der Waals surface area contributed by atoms with Crippen LogP contribution < -0.4 is 11.1 Å². The monoisotopic (exact) mass is 365 g/mol. The van der Waals surface area contributed by atoms with Crippen molar-refractivity contribution in [3.05, 3.63) is 93.3 Å². The maximum atomic E-state index is 12.5. The van der Waals surface area contributed by atoms with Crippen molar-refractivity contribution >= 4 is 17.4 Å². The third-order valence-corrected chi connectivity index (χ3v) is 4.22. The fourth-order valence-corrected chi connectivity index (χ4v) is 3.00. The predicted octanol–water partition coefficient (Wildman–Crippen LogP) is 3.06. The number of rotatable bonds is 5. The summed E-state index contributed by atoms with van der Waals surface area (Å²) in [4.78, 5) is 23.2. The van der Waals surface area contributed by atoms with E-state index in [0.717, 1.165) is 11.3 Å². The van der Waals surface area contributed by atoms with Crippen LogP contribution in [-0.4, -0.2) is 17.5 Å². The zero-order chi connectivity index (χ0) is 19.4. The van der Waals surface area contributed by atoms with Crippen LogP contribution in [0.25, 0.3) is 5.70 Å². The van der Waals surface area contributed by atoms with Gasteiger partial charge in [-0.1, -0.05) is 42.5 Å². The number of carbonyl (C=O) groups excluding carboxylic acids is 1. The molecule has 1 aliphatic heterocycles. The van der Waals surface area contributed by atoms with Crippen LogP contribution in [0, 0.1) is 10.1 Å². The highest BCUT2D eigenvalue weighted by Crippen LogP contribution is 2.35. The molecule has 7 heteroatoms. The number of non-ortho nitro benzene ring substituents is 1. The number of hydrogen-bond donors (Lipinski definition) is 2. The zero-order valence-electron chi connectivity index (χ0n) is 14.7. The molecule has 0 spiro atoms. The van der Waals surface area contributed by atoms with Crippen molar-refractivity contribution in [2.24, 2.45) is 5.73 Å². The van der Waals surface area contributed by atoms with Crippen molar-refractivity contribution < 1.29 is 14.5 Å². The van der Waals surface area contributed by atoms with Gasteiger partial charge in [-0.3, -0.25) is 10.1 Å². The van der Waals surface area contributed by atoms with Gasteiger partial charge in [-0.2, -0.15) is 0 Å². The van der Waals surface area contributed by atoms with Gasteiger partial charge in [0.2, 0.25) is 0 Å².